The molecule has 0 aliphatic rings. The quantitative estimate of drug-likeness (QED) is 0.661. The monoisotopic (exact) mass is 341 g/mol. The molecular weight excluding hydrogens is 333 g/mol. The van der Waals surface area contributed by atoms with Gasteiger partial charge >= 0.3 is 0 Å². The van der Waals surface area contributed by atoms with Crippen LogP contribution in [0, 0.1) is 3.57 Å². The number of H-pyrrole nitrogens is 1. The number of halogens is 1. The van der Waals surface area contributed by atoms with Crippen LogP contribution in [-0.4, -0.2) is 16.3 Å². The largest absolute Gasteiger partial charge is 0.326 e. The van der Waals surface area contributed by atoms with Crippen LogP contribution in [0.25, 0.3) is 0 Å². The molecule has 2 rings (SSSR count). The third-order valence-corrected chi connectivity index (χ3v) is 2.83. The SMILES string of the molecule is O=Cc1ccc(Nc2ncc(I)c(=O)[nH]2)cc1. The molecule has 0 bridgehead atoms. The minimum absolute atomic E-state index is 0.187. The molecule has 1 aromatic carbocycles. The Morgan fingerprint density at radius 1 is 1.29 bits per heavy atom. The first-order valence-electron chi connectivity index (χ1n) is 4.76. The fraction of sp³-hybridized carbons (Fsp3) is 0. The van der Waals surface area contributed by atoms with Crippen LogP contribution < -0.4 is 10.9 Å². The molecule has 2 N–H and O–H groups in total. The number of rotatable bonds is 3. The van der Waals surface area contributed by atoms with Gasteiger partial charge in [-0.3, -0.25) is 14.6 Å². The Balaban J connectivity index is 2.22. The maximum atomic E-state index is 11.3. The number of aromatic nitrogens is 2. The Morgan fingerprint density at radius 3 is 2.59 bits per heavy atom. The first-order valence-corrected chi connectivity index (χ1v) is 5.84. The highest BCUT2D eigenvalue weighted by atomic mass is 127. The predicted octanol–water partition coefficient (Wildman–Crippen LogP) is 1.93. The van der Waals surface area contributed by atoms with Crippen LogP contribution in [0.2, 0.25) is 0 Å². The zero-order valence-electron chi connectivity index (χ0n) is 8.61. The second kappa shape index (κ2) is 5.09. The zero-order valence-corrected chi connectivity index (χ0v) is 10.8. The summed E-state index contributed by atoms with van der Waals surface area (Å²) in [5, 5.41) is 2.94. The van der Waals surface area contributed by atoms with E-state index < -0.39 is 0 Å². The second-order valence-electron chi connectivity index (χ2n) is 3.27. The summed E-state index contributed by atoms with van der Waals surface area (Å²) in [5.74, 6) is 0.370. The molecule has 0 saturated carbocycles. The molecule has 0 spiro atoms. The lowest BCUT2D eigenvalue weighted by molar-refractivity contribution is 0.112. The highest BCUT2D eigenvalue weighted by Crippen LogP contribution is 2.12. The summed E-state index contributed by atoms with van der Waals surface area (Å²) in [6, 6.07) is 6.84. The van der Waals surface area contributed by atoms with Gasteiger partial charge in [0.2, 0.25) is 5.95 Å². The first kappa shape index (κ1) is 11.8. The van der Waals surface area contributed by atoms with Gasteiger partial charge in [-0.05, 0) is 46.9 Å². The average molecular weight is 341 g/mol. The van der Waals surface area contributed by atoms with E-state index in [0.29, 0.717) is 15.1 Å². The summed E-state index contributed by atoms with van der Waals surface area (Å²) in [5.41, 5.74) is 1.16. The number of carbonyl (C=O) groups is 1. The fourth-order valence-electron chi connectivity index (χ4n) is 1.22. The van der Waals surface area contributed by atoms with E-state index in [4.69, 9.17) is 0 Å². The van der Waals surface area contributed by atoms with Crippen molar-refractivity contribution >= 4 is 40.5 Å². The predicted molar refractivity (Wildman–Crippen MR) is 72.7 cm³/mol. The topological polar surface area (TPSA) is 74.8 Å². The number of nitrogens with one attached hydrogen (secondary N) is 2. The minimum atomic E-state index is -0.187. The Bertz CT molecular complexity index is 592. The summed E-state index contributed by atoms with van der Waals surface area (Å²) >= 11 is 1.91. The van der Waals surface area contributed by atoms with Gasteiger partial charge in [-0.1, -0.05) is 0 Å². The van der Waals surface area contributed by atoms with Gasteiger partial charge in [0.15, 0.2) is 0 Å². The molecule has 0 saturated heterocycles. The van der Waals surface area contributed by atoms with E-state index >= 15 is 0 Å². The van der Waals surface area contributed by atoms with Gasteiger partial charge in [-0.25, -0.2) is 4.98 Å². The normalized spacial score (nSPS) is 9.94. The van der Waals surface area contributed by atoms with Gasteiger partial charge in [0.05, 0.1) is 3.57 Å². The number of hydrogen-bond donors (Lipinski definition) is 2. The molecule has 1 aromatic heterocycles. The summed E-state index contributed by atoms with van der Waals surface area (Å²) in [6.45, 7) is 0. The van der Waals surface area contributed by atoms with Crippen molar-refractivity contribution in [2.24, 2.45) is 0 Å². The molecule has 17 heavy (non-hydrogen) atoms. The van der Waals surface area contributed by atoms with Crippen molar-refractivity contribution in [2.75, 3.05) is 5.32 Å². The molecule has 5 nitrogen and oxygen atoms in total. The van der Waals surface area contributed by atoms with Crippen LogP contribution in [0.15, 0.2) is 35.3 Å². The van der Waals surface area contributed by atoms with Crippen LogP contribution in [0.4, 0.5) is 11.6 Å². The summed E-state index contributed by atoms with van der Waals surface area (Å²) in [7, 11) is 0. The number of nitrogens with zero attached hydrogens (tertiary/aromatic N) is 1. The standard InChI is InChI=1S/C11H8IN3O2/c12-9-5-13-11(15-10(9)17)14-8-3-1-7(6-16)2-4-8/h1-6H,(H2,13,14,15,17). The molecule has 6 heteroatoms. The molecule has 0 aliphatic carbocycles. The summed E-state index contributed by atoms with van der Waals surface area (Å²) in [6.07, 6.45) is 2.26. The van der Waals surface area contributed by atoms with Crippen molar-refractivity contribution < 1.29 is 4.79 Å². The molecule has 0 fully saturated rings. The Labute approximate surface area is 110 Å². The Kier molecular flexibility index (Phi) is 3.52. The fourth-order valence-corrected chi connectivity index (χ4v) is 1.50. The van der Waals surface area contributed by atoms with Crippen molar-refractivity contribution in [3.8, 4) is 0 Å². The third kappa shape index (κ3) is 2.90. The molecule has 0 unspecified atom stereocenters. The van der Waals surface area contributed by atoms with Crippen LogP contribution in [0.5, 0.6) is 0 Å². The molecule has 1 heterocycles. The number of anilines is 2. The highest BCUT2D eigenvalue weighted by molar-refractivity contribution is 14.1. The smallest absolute Gasteiger partial charge is 0.265 e. The minimum Gasteiger partial charge on any atom is -0.326 e. The van der Waals surface area contributed by atoms with Crippen LogP contribution in [-0.2, 0) is 0 Å². The van der Waals surface area contributed by atoms with Crippen molar-refractivity contribution in [3.63, 3.8) is 0 Å². The number of aromatic amines is 1. The van der Waals surface area contributed by atoms with E-state index in [1.165, 1.54) is 6.20 Å². The molecule has 0 amide bonds. The van der Waals surface area contributed by atoms with E-state index in [1.807, 2.05) is 22.6 Å². The number of aldehydes is 1. The molecule has 0 aliphatic heterocycles. The first-order chi connectivity index (χ1) is 8.19. The lowest BCUT2D eigenvalue weighted by Gasteiger charge is -2.04. The number of carbonyl (C=O) groups excluding carboxylic acids is 1. The second-order valence-corrected chi connectivity index (χ2v) is 4.44. The van der Waals surface area contributed by atoms with Crippen molar-refractivity contribution in [1.82, 2.24) is 9.97 Å². The molecule has 0 radical (unpaired) electrons. The Morgan fingerprint density at radius 2 is 2.00 bits per heavy atom. The van der Waals surface area contributed by atoms with Gasteiger partial charge in [0.25, 0.3) is 5.56 Å². The van der Waals surface area contributed by atoms with Crippen molar-refractivity contribution in [2.45, 2.75) is 0 Å². The Hall–Kier alpha value is -1.70. The van der Waals surface area contributed by atoms with Crippen molar-refractivity contribution in [1.29, 1.82) is 0 Å². The van der Waals surface area contributed by atoms with E-state index in [9.17, 15) is 9.59 Å². The van der Waals surface area contributed by atoms with Crippen LogP contribution >= 0.6 is 22.6 Å². The van der Waals surface area contributed by atoms with E-state index in [-0.39, 0.29) is 5.56 Å². The number of hydrogen-bond acceptors (Lipinski definition) is 4. The summed E-state index contributed by atoms with van der Waals surface area (Å²) < 4.78 is 0.532. The van der Waals surface area contributed by atoms with Crippen molar-refractivity contribution in [3.05, 3.63) is 49.9 Å². The van der Waals surface area contributed by atoms with Crippen LogP contribution in [0.1, 0.15) is 10.4 Å². The van der Waals surface area contributed by atoms with Gasteiger partial charge in [0.1, 0.15) is 6.29 Å². The molecule has 86 valence electrons. The number of benzene rings is 1. The van der Waals surface area contributed by atoms with E-state index in [2.05, 4.69) is 15.3 Å². The maximum Gasteiger partial charge on any atom is 0.265 e. The van der Waals surface area contributed by atoms with Gasteiger partial charge in [-0.15, -0.1) is 0 Å². The highest BCUT2D eigenvalue weighted by Gasteiger charge is 2.00. The molecule has 0 atom stereocenters. The molecular formula is C11H8IN3O2. The lowest BCUT2D eigenvalue weighted by atomic mass is 10.2. The zero-order chi connectivity index (χ0) is 12.3. The van der Waals surface area contributed by atoms with Gasteiger partial charge < -0.3 is 5.32 Å². The maximum absolute atomic E-state index is 11.3. The summed E-state index contributed by atoms with van der Waals surface area (Å²) in [4.78, 5) is 28.4. The van der Waals surface area contributed by atoms with Gasteiger partial charge in [0, 0.05) is 17.4 Å². The van der Waals surface area contributed by atoms with E-state index in [1.54, 1.807) is 24.3 Å². The molecule has 2 aromatic rings. The van der Waals surface area contributed by atoms with Crippen LogP contribution in [0.3, 0.4) is 0 Å². The third-order valence-electron chi connectivity index (χ3n) is 2.07. The van der Waals surface area contributed by atoms with E-state index in [0.717, 1.165) is 12.0 Å². The average Bonchev–Trinajstić information content (AvgIpc) is 2.35. The van der Waals surface area contributed by atoms with Gasteiger partial charge in [-0.2, -0.15) is 0 Å². The lowest BCUT2D eigenvalue weighted by Crippen LogP contribution is -2.12.